The van der Waals surface area contributed by atoms with E-state index >= 15 is 0 Å². The number of aliphatic hydroxyl groups excluding tert-OH is 1. The number of benzene rings is 1. The number of aliphatic hydroxyl groups is 1. The number of halogens is 2. The zero-order chi connectivity index (χ0) is 12.7. The van der Waals surface area contributed by atoms with E-state index < -0.39 is 0 Å². The lowest BCUT2D eigenvalue weighted by Gasteiger charge is -2.02. The van der Waals surface area contributed by atoms with Crippen molar-refractivity contribution in [1.82, 2.24) is 10.6 Å². The van der Waals surface area contributed by atoms with Crippen LogP contribution in [0.1, 0.15) is 6.92 Å². The first-order valence-corrected chi connectivity index (χ1v) is 6.06. The molecule has 1 aromatic rings. The highest BCUT2D eigenvalue weighted by Gasteiger charge is 2.08. The van der Waals surface area contributed by atoms with Crippen LogP contribution in [0, 0.1) is 0 Å². The van der Waals surface area contributed by atoms with Gasteiger partial charge in [0.25, 0.3) is 0 Å². The number of aliphatic imine (C=N–C) groups is 1. The van der Waals surface area contributed by atoms with E-state index in [4.69, 9.17) is 28.3 Å². The van der Waals surface area contributed by atoms with Crippen molar-refractivity contribution >= 4 is 34.8 Å². The average molecular weight is 276 g/mol. The lowest BCUT2D eigenvalue weighted by atomic mass is 10.3. The molecule has 4 nitrogen and oxygen atoms in total. The number of hydrogen-bond acceptors (Lipinski definition) is 2. The molecule has 17 heavy (non-hydrogen) atoms. The molecular weight excluding hydrogens is 261 g/mol. The summed E-state index contributed by atoms with van der Waals surface area (Å²) in [5.74, 6) is 0.722. The van der Waals surface area contributed by atoms with Gasteiger partial charge >= 0.3 is 0 Å². The van der Waals surface area contributed by atoms with Crippen LogP contribution < -0.4 is 10.6 Å². The van der Waals surface area contributed by atoms with E-state index in [1.165, 1.54) is 0 Å². The molecule has 3 N–H and O–H groups in total. The summed E-state index contributed by atoms with van der Waals surface area (Å²) in [5, 5.41) is 14.8. The molecule has 0 saturated carbocycles. The van der Waals surface area contributed by atoms with E-state index in [1.54, 1.807) is 25.1 Å². The molecule has 6 heteroatoms. The van der Waals surface area contributed by atoms with Crippen molar-refractivity contribution in [1.29, 1.82) is 0 Å². The van der Waals surface area contributed by atoms with Crippen molar-refractivity contribution in [2.24, 2.45) is 4.99 Å². The molecule has 1 saturated heterocycles. The molecule has 1 aromatic carbocycles. The van der Waals surface area contributed by atoms with Crippen LogP contribution in [0.5, 0.6) is 0 Å². The van der Waals surface area contributed by atoms with Crippen LogP contribution in [0.4, 0.5) is 5.69 Å². The molecule has 0 spiro atoms. The molecule has 0 unspecified atom stereocenters. The largest absolute Gasteiger partial charge is 0.397 e. The molecular formula is C11H15Cl2N3O. The average Bonchev–Trinajstić information content (AvgIpc) is 2.77. The number of guanidine groups is 1. The summed E-state index contributed by atoms with van der Waals surface area (Å²) in [6.07, 6.45) is 0. The third-order valence-electron chi connectivity index (χ3n) is 1.87. The van der Waals surface area contributed by atoms with E-state index in [0.717, 1.165) is 19.0 Å². The zero-order valence-electron chi connectivity index (χ0n) is 9.50. The van der Waals surface area contributed by atoms with Crippen LogP contribution in [0.25, 0.3) is 0 Å². The first-order chi connectivity index (χ1) is 8.19. The quantitative estimate of drug-likeness (QED) is 0.736. The fourth-order valence-electron chi connectivity index (χ4n) is 1.21. The van der Waals surface area contributed by atoms with Crippen molar-refractivity contribution in [2.75, 3.05) is 19.7 Å². The van der Waals surface area contributed by atoms with Crippen LogP contribution in [0.3, 0.4) is 0 Å². The second-order valence-electron chi connectivity index (χ2n) is 3.20. The predicted octanol–water partition coefficient (Wildman–Crippen LogP) is 2.17. The summed E-state index contributed by atoms with van der Waals surface area (Å²) in [4.78, 5) is 4.29. The van der Waals surface area contributed by atoms with Gasteiger partial charge in [-0.15, -0.1) is 0 Å². The van der Waals surface area contributed by atoms with Crippen LogP contribution in [-0.4, -0.2) is 30.8 Å². The molecule has 1 aliphatic rings. The molecule has 1 aliphatic heterocycles. The van der Waals surface area contributed by atoms with Crippen molar-refractivity contribution in [2.45, 2.75) is 6.92 Å². The van der Waals surface area contributed by atoms with E-state index in [0.29, 0.717) is 15.7 Å². The lowest BCUT2D eigenvalue weighted by Crippen LogP contribution is -2.23. The number of rotatable bonds is 1. The summed E-state index contributed by atoms with van der Waals surface area (Å²) in [7, 11) is 0. The molecule has 0 aliphatic carbocycles. The maximum absolute atomic E-state index is 7.57. The third kappa shape index (κ3) is 4.42. The summed E-state index contributed by atoms with van der Waals surface area (Å²) in [6, 6.07) is 5.33. The maximum Gasteiger partial charge on any atom is 0.196 e. The van der Waals surface area contributed by atoms with Crippen LogP contribution in [0.15, 0.2) is 23.2 Å². The molecule has 0 atom stereocenters. The van der Waals surface area contributed by atoms with Crippen molar-refractivity contribution in [3.8, 4) is 0 Å². The smallest absolute Gasteiger partial charge is 0.196 e. The van der Waals surface area contributed by atoms with Crippen LogP contribution >= 0.6 is 23.2 Å². The Balaban J connectivity index is 0.000000437. The fourth-order valence-corrected chi connectivity index (χ4v) is 1.69. The monoisotopic (exact) mass is 275 g/mol. The lowest BCUT2D eigenvalue weighted by molar-refractivity contribution is 0.318. The van der Waals surface area contributed by atoms with Crippen molar-refractivity contribution in [3.05, 3.63) is 28.2 Å². The molecule has 1 heterocycles. The topological polar surface area (TPSA) is 56.7 Å². The Morgan fingerprint density at radius 3 is 2.18 bits per heavy atom. The summed E-state index contributed by atoms with van der Waals surface area (Å²) in [6.45, 7) is 3.68. The maximum atomic E-state index is 7.57. The Morgan fingerprint density at radius 1 is 1.24 bits per heavy atom. The predicted molar refractivity (Wildman–Crippen MR) is 72.3 cm³/mol. The molecule has 2 rings (SSSR count). The van der Waals surface area contributed by atoms with Gasteiger partial charge in [0.05, 0.1) is 10.0 Å². The van der Waals surface area contributed by atoms with E-state index in [1.807, 2.05) is 0 Å². The Bertz CT molecular complexity index is 368. The van der Waals surface area contributed by atoms with E-state index in [-0.39, 0.29) is 6.61 Å². The van der Waals surface area contributed by atoms with Gasteiger partial charge in [-0.25, -0.2) is 4.99 Å². The number of hydrogen-bond donors (Lipinski definition) is 3. The highest BCUT2D eigenvalue weighted by atomic mass is 35.5. The molecule has 0 radical (unpaired) electrons. The minimum Gasteiger partial charge on any atom is -0.397 e. The Kier molecular flexibility index (Phi) is 6.11. The summed E-state index contributed by atoms with van der Waals surface area (Å²) in [5.41, 5.74) is 0.604. The second-order valence-corrected chi connectivity index (χ2v) is 4.01. The fraction of sp³-hybridized carbons (Fsp3) is 0.364. The Morgan fingerprint density at radius 2 is 1.71 bits per heavy atom. The first-order valence-electron chi connectivity index (χ1n) is 5.30. The van der Waals surface area contributed by atoms with E-state index in [9.17, 15) is 0 Å². The van der Waals surface area contributed by atoms with Crippen molar-refractivity contribution in [3.63, 3.8) is 0 Å². The van der Waals surface area contributed by atoms with Gasteiger partial charge in [0, 0.05) is 19.7 Å². The highest BCUT2D eigenvalue weighted by molar-refractivity contribution is 6.38. The normalized spacial score (nSPS) is 13.3. The highest BCUT2D eigenvalue weighted by Crippen LogP contribution is 2.32. The zero-order valence-corrected chi connectivity index (χ0v) is 11.0. The van der Waals surface area contributed by atoms with E-state index in [2.05, 4.69) is 15.6 Å². The SMILES string of the molecule is CCO.Clc1cccc(Cl)c1N=C1NCCN1. The molecule has 0 amide bonds. The standard InChI is InChI=1S/C9H9Cl2N3.C2H6O/c10-6-2-1-3-7(11)8(6)14-9-12-4-5-13-9;1-2-3/h1-3H,4-5H2,(H2,12,13,14);3H,2H2,1H3. The van der Waals surface area contributed by atoms with Gasteiger partial charge in [0.15, 0.2) is 5.96 Å². The van der Waals surface area contributed by atoms with Gasteiger partial charge in [-0.1, -0.05) is 29.3 Å². The van der Waals surface area contributed by atoms with Crippen molar-refractivity contribution < 1.29 is 5.11 Å². The van der Waals surface area contributed by atoms with Gasteiger partial charge in [-0.2, -0.15) is 0 Å². The molecule has 1 fully saturated rings. The summed E-state index contributed by atoms with van der Waals surface area (Å²) < 4.78 is 0. The minimum absolute atomic E-state index is 0.250. The van der Waals surface area contributed by atoms with Gasteiger partial charge in [-0.3, -0.25) is 0 Å². The molecule has 0 aromatic heterocycles. The second kappa shape index (κ2) is 7.37. The summed E-state index contributed by atoms with van der Waals surface area (Å²) >= 11 is 11.9. The molecule has 0 bridgehead atoms. The van der Waals surface area contributed by atoms with Crippen LogP contribution in [-0.2, 0) is 0 Å². The van der Waals surface area contributed by atoms with Gasteiger partial charge in [0.1, 0.15) is 5.69 Å². The third-order valence-corrected chi connectivity index (χ3v) is 2.48. The van der Waals surface area contributed by atoms with Crippen LogP contribution in [0.2, 0.25) is 10.0 Å². The Labute approximate surface area is 111 Å². The first kappa shape index (κ1) is 14.1. The number of nitrogens with zero attached hydrogens (tertiary/aromatic N) is 1. The Hall–Kier alpha value is -0.970. The van der Waals surface area contributed by atoms with Gasteiger partial charge < -0.3 is 15.7 Å². The number of nitrogens with one attached hydrogen (secondary N) is 2. The van der Waals surface area contributed by atoms with Gasteiger partial charge in [0.2, 0.25) is 0 Å². The number of para-hydroxylation sites is 1. The molecule has 94 valence electrons. The minimum atomic E-state index is 0.250. The van der Waals surface area contributed by atoms with Gasteiger partial charge in [-0.05, 0) is 19.1 Å².